The number of fused-ring (bicyclic) bond motifs is 1. The van der Waals surface area contributed by atoms with Crippen molar-refractivity contribution in [1.82, 2.24) is 4.98 Å². The standard InChI is InChI=1S/C14H16N2O/c1-8-4-5-12-10(3)16-13(7-11(12)6-8)9(2)14(15)17/h4-7,9H,1-3H3,(H2,15,17). The van der Waals surface area contributed by atoms with E-state index in [1.54, 1.807) is 6.92 Å². The first kappa shape index (κ1) is 11.6. The van der Waals surface area contributed by atoms with Gasteiger partial charge in [-0.1, -0.05) is 23.8 Å². The lowest BCUT2D eigenvalue weighted by molar-refractivity contribution is -0.119. The number of pyridine rings is 1. The fourth-order valence-corrected chi connectivity index (χ4v) is 1.94. The Hall–Kier alpha value is -1.90. The predicted molar refractivity (Wildman–Crippen MR) is 68.8 cm³/mol. The maximum absolute atomic E-state index is 11.2. The minimum Gasteiger partial charge on any atom is -0.369 e. The Kier molecular flexibility index (Phi) is 2.84. The Morgan fingerprint density at radius 3 is 2.65 bits per heavy atom. The third kappa shape index (κ3) is 2.13. The van der Waals surface area contributed by atoms with Crippen molar-refractivity contribution < 1.29 is 4.79 Å². The first-order valence-electron chi connectivity index (χ1n) is 5.66. The Morgan fingerprint density at radius 2 is 2.00 bits per heavy atom. The number of amides is 1. The molecular weight excluding hydrogens is 212 g/mol. The Labute approximate surface area is 101 Å². The van der Waals surface area contributed by atoms with Crippen LogP contribution in [0.3, 0.4) is 0 Å². The van der Waals surface area contributed by atoms with E-state index in [4.69, 9.17) is 5.73 Å². The topological polar surface area (TPSA) is 56.0 Å². The first-order chi connectivity index (χ1) is 7.99. The first-order valence-corrected chi connectivity index (χ1v) is 5.66. The lowest BCUT2D eigenvalue weighted by Gasteiger charge is -2.10. The van der Waals surface area contributed by atoms with Crippen LogP contribution in [0, 0.1) is 13.8 Å². The number of carbonyl (C=O) groups is 1. The molecule has 3 heteroatoms. The van der Waals surface area contributed by atoms with Gasteiger partial charge >= 0.3 is 0 Å². The molecule has 1 aromatic heterocycles. The van der Waals surface area contributed by atoms with Gasteiger partial charge < -0.3 is 5.73 Å². The molecule has 2 aromatic rings. The highest BCUT2D eigenvalue weighted by molar-refractivity contribution is 5.87. The highest BCUT2D eigenvalue weighted by Gasteiger charge is 2.14. The van der Waals surface area contributed by atoms with Crippen molar-refractivity contribution in [2.75, 3.05) is 0 Å². The van der Waals surface area contributed by atoms with Crippen LogP contribution in [-0.2, 0) is 4.79 Å². The van der Waals surface area contributed by atoms with Gasteiger partial charge in [0.1, 0.15) is 0 Å². The molecule has 0 saturated carbocycles. The highest BCUT2D eigenvalue weighted by atomic mass is 16.1. The average Bonchev–Trinajstić information content (AvgIpc) is 2.27. The number of aromatic nitrogens is 1. The van der Waals surface area contributed by atoms with E-state index in [1.807, 2.05) is 19.9 Å². The molecule has 0 fully saturated rings. The zero-order valence-electron chi connectivity index (χ0n) is 10.3. The molecule has 2 N–H and O–H groups in total. The molecule has 0 aliphatic carbocycles. The monoisotopic (exact) mass is 228 g/mol. The third-order valence-corrected chi connectivity index (χ3v) is 3.07. The summed E-state index contributed by atoms with van der Waals surface area (Å²) in [6.07, 6.45) is 0. The predicted octanol–water partition coefficient (Wildman–Crippen LogP) is 2.44. The molecule has 0 bridgehead atoms. The second-order valence-corrected chi connectivity index (χ2v) is 4.48. The SMILES string of the molecule is Cc1ccc2c(C)nc(C(C)C(N)=O)cc2c1. The molecule has 0 saturated heterocycles. The van der Waals surface area contributed by atoms with E-state index in [9.17, 15) is 4.79 Å². The highest BCUT2D eigenvalue weighted by Crippen LogP contribution is 2.23. The molecule has 1 heterocycles. The summed E-state index contributed by atoms with van der Waals surface area (Å²) in [5.74, 6) is -0.692. The van der Waals surface area contributed by atoms with Crippen molar-refractivity contribution in [3.8, 4) is 0 Å². The van der Waals surface area contributed by atoms with Crippen molar-refractivity contribution in [1.29, 1.82) is 0 Å². The quantitative estimate of drug-likeness (QED) is 0.858. The number of primary amides is 1. The summed E-state index contributed by atoms with van der Waals surface area (Å²) >= 11 is 0. The molecule has 1 atom stereocenters. The maximum atomic E-state index is 11.2. The van der Waals surface area contributed by atoms with Gasteiger partial charge in [-0.25, -0.2) is 0 Å². The smallest absolute Gasteiger partial charge is 0.226 e. The second-order valence-electron chi connectivity index (χ2n) is 4.48. The average molecular weight is 228 g/mol. The molecule has 1 amide bonds. The summed E-state index contributed by atoms with van der Waals surface area (Å²) in [5, 5.41) is 2.23. The maximum Gasteiger partial charge on any atom is 0.226 e. The Bertz CT molecular complexity index is 590. The molecule has 0 aliphatic heterocycles. The third-order valence-electron chi connectivity index (χ3n) is 3.07. The molecule has 1 unspecified atom stereocenters. The molecule has 17 heavy (non-hydrogen) atoms. The molecule has 1 aromatic carbocycles. The lowest BCUT2D eigenvalue weighted by atomic mass is 10.0. The van der Waals surface area contributed by atoms with E-state index in [0.29, 0.717) is 0 Å². The van der Waals surface area contributed by atoms with Gasteiger partial charge in [-0.3, -0.25) is 9.78 Å². The zero-order valence-corrected chi connectivity index (χ0v) is 10.3. The number of nitrogens with two attached hydrogens (primary N) is 1. The van der Waals surface area contributed by atoms with Gasteiger partial charge in [-0.2, -0.15) is 0 Å². The van der Waals surface area contributed by atoms with Crippen LogP contribution in [0.15, 0.2) is 24.3 Å². The van der Waals surface area contributed by atoms with Crippen LogP contribution >= 0.6 is 0 Å². The number of nitrogens with zero attached hydrogens (tertiary/aromatic N) is 1. The minimum absolute atomic E-state index is 0.344. The second kappa shape index (κ2) is 4.17. The van der Waals surface area contributed by atoms with Crippen molar-refractivity contribution in [2.45, 2.75) is 26.7 Å². The van der Waals surface area contributed by atoms with E-state index < -0.39 is 0 Å². The molecule has 3 nitrogen and oxygen atoms in total. The van der Waals surface area contributed by atoms with Gasteiger partial charge in [0.15, 0.2) is 0 Å². The summed E-state index contributed by atoms with van der Waals surface area (Å²) in [5.41, 5.74) is 8.19. The van der Waals surface area contributed by atoms with Crippen LogP contribution in [0.4, 0.5) is 0 Å². The van der Waals surface area contributed by atoms with Gasteiger partial charge in [0.2, 0.25) is 5.91 Å². The van der Waals surface area contributed by atoms with Gasteiger partial charge in [0.05, 0.1) is 11.6 Å². The van der Waals surface area contributed by atoms with E-state index >= 15 is 0 Å². The molecule has 2 rings (SSSR count). The molecule has 0 radical (unpaired) electrons. The fraction of sp³-hybridized carbons (Fsp3) is 0.286. The fourth-order valence-electron chi connectivity index (χ4n) is 1.94. The summed E-state index contributed by atoms with van der Waals surface area (Å²) < 4.78 is 0. The van der Waals surface area contributed by atoms with E-state index in [0.717, 1.165) is 22.2 Å². The van der Waals surface area contributed by atoms with Crippen LogP contribution in [0.1, 0.15) is 29.8 Å². The number of carbonyl (C=O) groups excluding carboxylic acids is 1. The van der Waals surface area contributed by atoms with Gasteiger partial charge in [0, 0.05) is 11.1 Å². The van der Waals surface area contributed by atoms with Gasteiger partial charge in [0.25, 0.3) is 0 Å². The van der Waals surface area contributed by atoms with E-state index in [1.165, 1.54) is 5.56 Å². The number of hydrogen-bond donors (Lipinski definition) is 1. The minimum atomic E-state index is -0.349. The van der Waals surface area contributed by atoms with Crippen LogP contribution in [0.5, 0.6) is 0 Å². The van der Waals surface area contributed by atoms with Gasteiger partial charge in [-0.05, 0) is 32.2 Å². The van der Waals surface area contributed by atoms with E-state index in [2.05, 4.69) is 23.2 Å². The van der Waals surface area contributed by atoms with Crippen LogP contribution in [0.25, 0.3) is 10.8 Å². The Balaban J connectivity index is 2.65. The van der Waals surface area contributed by atoms with Crippen LogP contribution in [0.2, 0.25) is 0 Å². The lowest BCUT2D eigenvalue weighted by Crippen LogP contribution is -2.19. The largest absolute Gasteiger partial charge is 0.369 e. The summed E-state index contributed by atoms with van der Waals surface area (Å²) in [6.45, 7) is 5.78. The van der Waals surface area contributed by atoms with E-state index in [-0.39, 0.29) is 11.8 Å². The normalized spacial score (nSPS) is 12.6. The summed E-state index contributed by atoms with van der Waals surface area (Å²) in [6, 6.07) is 8.17. The molecule has 88 valence electrons. The molecular formula is C14H16N2O. The number of benzene rings is 1. The Morgan fingerprint density at radius 1 is 1.29 bits per heavy atom. The molecule has 0 spiro atoms. The number of rotatable bonds is 2. The summed E-state index contributed by atoms with van der Waals surface area (Å²) in [4.78, 5) is 15.6. The number of hydrogen-bond acceptors (Lipinski definition) is 2. The van der Waals surface area contributed by atoms with Crippen molar-refractivity contribution in [3.05, 3.63) is 41.2 Å². The van der Waals surface area contributed by atoms with Crippen LogP contribution < -0.4 is 5.73 Å². The van der Waals surface area contributed by atoms with Crippen molar-refractivity contribution >= 4 is 16.7 Å². The van der Waals surface area contributed by atoms with Gasteiger partial charge in [-0.15, -0.1) is 0 Å². The summed E-state index contributed by atoms with van der Waals surface area (Å²) in [7, 11) is 0. The van der Waals surface area contributed by atoms with Crippen LogP contribution in [-0.4, -0.2) is 10.9 Å². The number of aryl methyl sites for hydroxylation is 2. The zero-order chi connectivity index (χ0) is 12.6. The molecule has 0 aliphatic rings. The van der Waals surface area contributed by atoms with Crippen molar-refractivity contribution in [3.63, 3.8) is 0 Å². The van der Waals surface area contributed by atoms with Crippen molar-refractivity contribution in [2.24, 2.45) is 5.73 Å².